The summed E-state index contributed by atoms with van der Waals surface area (Å²) < 4.78 is 5.59. The number of piperidine rings is 1. The molecule has 2 aromatic rings. The fourth-order valence-electron chi connectivity index (χ4n) is 5.04. The molecule has 1 aliphatic heterocycles. The maximum Gasteiger partial charge on any atom is 0.123 e. The summed E-state index contributed by atoms with van der Waals surface area (Å²) in [5.41, 5.74) is 3.92. The van der Waals surface area contributed by atoms with Crippen LogP contribution < -0.4 is 15.4 Å². The van der Waals surface area contributed by atoms with Crippen molar-refractivity contribution in [2.45, 2.75) is 57.8 Å². The number of ether oxygens (including phenoxy) is 1. The van der Waals surface area contributed by atoms with Crippen LogP contribution in [0.2, 0.25) is 0 Å². The summed E-state index contributed by atoms with van der Waals surface area (Å²) in [5, 5.41) is 7.90. The largest absolute Gasteiger partial charge is 0.496 e. The second-order valence-electron chi connectivity index (χ2n) is 8.43. The van der Waals surface area contributed by atoms with Crippen LogP contribution >= 0.6 is 0 Å². The van der Waals surface area contributed by atoms with E-state index < -0.39 is 0 Å². The summed E-state index contributed by atoms with van der Waals surface area (Å²) in [6.07, 6.45) is 3.94. The molecule has 0 spiro atoms. The molecule has 2 fully saturated rings. The summed E-state index contributed by atoms with van der Waals surface area (Å²) in [7, 11) is 1.76. The van der Waals surface area contributed by atoms with Crippen LogP contribution in [-0.2, 0) is 6.54 Å². The molecular weight excluding hydrogens is 332 g/mol. The van der Waals surface area contributed by atoms with Crippen LogP contribution in [0.25, 0.3) is 0 Å². The maximum atomic E-state index is 5.59. The van der Waals surface area contributed by atoms with E-state index in [0.29, 0.717) is 18.1 Å². The van der Waals surface area contributed by atoms with Crippen molar-refractivity contribution in [2.24, 2.45) is 11.8 Å². The molecular formula is C24H32N2O. The lowest BCUT2D eigenvalue weighted by Crippen LogP contribution is -2.58. The van der Waals surface area contributed by atoms with Crippen LogP contribution in [0.1, 0.15) is 48.9 Å². The molecule has 5 unspecified atom stereocenters. The van der Waals surface area contributed by atoms with E-state index >= 15 is 0 Å². The number of hydrogen-bond donors (Lipinski definition) is 2. The van der Waals surface area contributed by atoms with Crippen molar-refractivity contribution in [3.05, 3.63) is 65.2 Å². The van der Waals surface area contributed by atoms with Crippen molar-refractivity contribution in [3.63, 3.8) is 0 Å². The van der Waals surface area contributed by atoms with Crippen LogP contribution in [0.15, 0.2) is 48.5 Å². The van der Waals surface area contributed by atoms with Gasteiger partial charge in [0, 0.05) is 30.2 Å². The van der Waals surface area contributed by atoms with E-state index in [9.17, 15) is 0 Å². The second-order valence-corrected chi connectivity index (χ2v) is 8.43. The number of rotatable bonds is 5. The molecule has 5 atom stereocenters. The van der Waals surface area contributed by atoms with Crippen LogP contribution in [0.4, 0.5) is 0 Å². The van der Waals surface area contributed by atoms with Crippen molar-refractivity contribution >= 4 is 0 Å². The highest BCUT2D eigenvalue weighted by molar-refractivity contribution is 5.37. The Balaban J connectivity index is 1.57. The normalized spacial score (nSPS) is 30.1. The van der Waals surface area contributed by atoms with E-state index in [1.54, 1.807) is 7.11 Å². The van der Waals surface area contributed by atoms with E-state index in [-0.39, 0.29) is 0 Å². The standard InChI is InChI=1S/C24H32N2O/c1-16-9-12-22(27-3)20(13-16)15-25-23-19-11-10-17(2)21(14-19)26-24(23)18-7-5-4-6-8-18/h4-9,12-13,17,19,21,23-26H,10-11,14-15H2,1-3H3. The Morgan fingerprint density at radius 2 is 1.93 bits per heavy atom. The van der Waals surface area contributed by atoms with Gasteiger partial charge < -0.3 is 15.4 Å². The minimum Gasteiger partial charge on any atom is -0.496 e. The predicted molar refractivity (Wildman–Crippen MR) is 111 cm³/mol. The minimum absolute atomic E-state index is 0.369. The molecule has 1 aliphatic carbocycles. The van der Waals surface area contributed by atoms with Crippen molar-refractivity contribution < 1.29 is 4.74 Å². The molecule has 3 nitrogen and oxygen atoms in total. The number of nitrogens with one attached hydrogen (secondary N) is 2. The number of aryl methyl sites for hydroxylation is 1. The van der Waals surface area contributed by atoms with E-state index in [1.165, 1.54) is 36.0 Å². The first-order valence-corrected chi connectivity index (χ1v) is 10.3. The molecule has 0 aromatic heterocycles. The molecule has 3 heteroatoms. The van der Waals surface area contributed by atoms with Gasteiger partial charge in [-0.15, -0.1) is 0 Å². The molecule has 1 heterocycles. The highest BCUT2D eigenvalue weighted by Gasteiger charge is 2.42. The summed E-state index contributed by atoms with van der Waals surface area (Å²) >= 11 is 0. The van der Waals surface area contributed by atoms with Crippen LogP contribution in [0.3, 0.4) is 0 Å². The third-order valence-corrected chi connectivity index (χ3v) is 6.62. The average molecular weight is 365 g/mol. The lowest BCUT2D eigenvalue weighted by Gasteiger charge is -2.49. The maximum absolute atomic E-state index is 5.59. The summed E-state index contributed by atoms with van der Waals surface area (Å²) in [4.78, 5) is 0. The van der Waals surface area contributed by atoms with E-state index in [4.69, 9.17) is 4.74 Å². The van der Waals surface area contributed by atoms with Crippen LogP contribution in [0, 0.1) is 18.8 Å². The van der Waals surface area contributed by atoms with Gasteiger partial charge in [0.05, 0.1) is 7.11 Å². The molecule has 1 saturated carbocycles. The lowest BCUT2D eigenvalue weighted by atomic mass is 9.69. The highest BCUT2D eigenvalue weighted by atomic mass is 16.5. The average Bonchev–Trinajstić information content (AvgIpc) is 2.70. The Hall–Kier alpha value is -1.84. The Morgan fingerprint density at radius 3 is 2.70 bits per heavy atom. The zero-order chi connectivity index (χ0) is 18.8. The number of benzene rings is 2. The quantitative estimate of drug-likeness (QED) is 0.813. The molecule has 0 amide bonds. The van der Waals surface area contributed by atoms with Crippen molar-refractivity contribution in [1.29, 1.82) is 0 Å². The Morgan fingerprint density at radius 1 is 1.11 bits per heavy atom. The smallest absolute Gasteiger partial charge is 0.123 e. The molecule has 1 saturated heterocycles. The van der Waals surface area contributed by atoms with Gasteiger partial charge >= 0.3 is 0 Å². The number of fused-ring (bicyclic) bond motifs is 2. The first-order chi connectivity index (χ1) is 13.2. The van der Waals surface area contributed by atoms with Crippen LogP contribution in [0.5, 0.6) is 5.75 Å². The predicted octanol–water partition coefficient (Wildman–Crippen LogP) is 4.61. The third-order valence-electron chi connectivity index (χ3n) is 6.62. The van der Waals surface area contributed by atoms with Gasteiger partial charge in [-0.2, -0.15) is 0 Å². The summed E-state index contributed by atoms with van der Waals surface area (Å²) in [6, 6.07) is 18.9. The first-order valence-electron chi connectivity index (χ1n) is 10.3. The summed E-state index contributed by atoms with van der Waals surface area (Å²) in [6.45, 7) is 5.39. The monoisotopic (exact) mass is 364 g/mol. The SMILES string of the molecule is COc1ccc(C)cc1CNC1C2CCC(C)C(C2)NC1c1ccccc1. The summed E-state index contributed by atoms with van der Waals surface area (Å²) in [5.74, 6) is 2.47. The topological polar surface area (TPSA) is 33.3 Å². The number of methoxy groups -OCH3 is 1. The van der Waals surface area contributed by atoms with Crippen molar-refractivity contribution in [1.82, 2.24) is 10.6 Å². The first kappa shape index (κ1) is 18.5. The van der Waals surface area contributed by atoms with Gasteiger partial charge in [0.2, 0.25) is 0 Å². The van der Waals surface area contributed by atoms with Gasteiger partial charge in [-0.25, -0.2) is 0 Å². The van der Waals surface area contributed by atoms with Gasteiger partial charge in [-0.3, -0.25) is 0 Å². The van der Waals surface area contributed by atoms with E-state index in [0.717, 1.165) is 24.1 Å². The van der Waals surface area contributed by atoms with Crippen molar-refractivity contribution in [3.8, 4) is 5.75 Å². The van der Waals surface area contributed by atoms with E-state index in [2.05, 4.69) is 73.0 Å². The zero-order valence-corrected chi connectivity index (χ0v) is 16.7. The highest BCUT2D eigenvalue weighted by Crippen LogP contribution is 2.40. The molecule has 27 heavy (non-hydrogen) atoms. The Bertz CT molecular complexity index is 760. The Labute approximate surface area is 163 Å². The van der Waals surface area contributed by atoms with Gasteiger partial charge in [-0.1, -0.05) is 55.0 Å². The lowest BCUT2D eigenvalue weighted by molar-refractivity contribution is 0.0931. The van der Waals surface area contributed by atoms with Gasteiger partial charge in [0.15, 0.2) is 0 Å². The number of hydrogen-bond acceptors (Lipinski definition) is 3. The minimum atomic E-state index is 0.369. The van der Waals surface area contributed by atoms with E-state index in [1.807, 2.05) is 0 Å². The van der Waals surface area contributed by atoms with Gasteiger partial charge in [-0.05, 0) is 49.7 Å². The molecule has 2 bridgehead atoms. The molecule has 2 N–H and O–H groups in total. The van der Waals surface area contributed by atoms with Crippen molar-refractivity contribution in [2.75, 3.05) is 7.11 Å². The van der Waals surface area contributed by atoms with Gasteiger partial charge in [0.25, 0.3) is 0 Å². The third kappa shape index (κ3) is 3.90. The molecule has 2 aromatic carbocycles. The Kier molecular flexibility index (Phi) is 5.51. The molecule has 4 rings (SSSR count). The fourth-order valence-corrected chi connectivity index (χ4v) is 5.04. The van der Waals surface area contributed by atoms with Gasteiger partial charge in [0.1, 0.15) is 5.75 Å². The molecule has 2 aliphatic rings. The molecule has 144 valence electrons. The second kappa shape index (κ2) is 8.04. The fraction of sp³-hybridized carbons (Fsp3) is 0.500. The zero-order valence-electron chi connectivity index (χ0n) is 16.7. The van der Waals surface area contributed by atoms with Crippen LogP contribution in [-0.4, -0.2) is 19.2 Å². The molecule has 0 radical (unpaired) electrons.